The first-order chi connectivity index (χ1) is 13.2. The standard InChI is InChI=1S/C22H20N4O/c1-15(25-19-11-10-16-6-2-3-7-17(16)12-19)22(27)26-24-14-18-13-23-21-9-5-4-8-20(18)21/h2-15,23,25H,1H3,(H,26,27)/b24-14+. The van der Waals surface area contributed by atoms with Gasteiger partial charge >= 0.3 is 0 Å². The predicted molar refractivity (Wildman–Crippen MR) is 111 cm³/mol. The molecule has 5 heteroatoms. The fourth-order valence-corrected chi connectivity index (χ4v) is 3.06. The summed E-state index contributed by atoms with van der Waals surface area (Å²) >= 11 is 0. The fourth-order valence-electron chi connectivity index (χ4n) is 3.06. The number of hydrazone groups is 1. The molecule has 0 spiro atoms. The highest BCUT2D eigenvalue weighted by Gasteiger charge is 2.12. The van der Waals surface area contributed by atoms with Crippen molar-refractivity contribution in [2.24, 2.45) is 5.10 Å². The molecule has 0 aliphatic rings. The maximum Gasteiger partial charge on any atom is 0.262 e. The maximum absolute atomic E-state index is 12.3. The molecule has 1 heterocycles. The Hall–Kier alpha value is -3.60. The van der Waals surface area contributed by atoms with Gasteiger partial charge in [0.2, 0.25) is 0 Å². The Balaban J connectivity index is 1.40. The van der Waals surface area contributed by atoms with Gasteiger partial charge in [-0.2, -0.15) is 5.10 Å². The Kier molecular flexibility index (Phi) is 4.58. The van der Waals surface area contributed by atoms with Crippen LogP contribution in [0.15, 0.2) is 78.0 Å². The van der Waals surface area contributed by atoms with E-state index >= 15 is 0 Å². The van der Waals surface area contributed by atoms with Crippen LogP contribution in [0.1, 0.15) is 12.5 Å². The molecule has 1 atom stereocenters. The second-order valence-corrected chi connectivity index (χ2v) is 6.45. The Morgan fingerprint density at radius 2 is 1.81 bits per heavy atom. The van der Waals surface area contributed by atoms with E-state index < -0.39 is 6.04 Å². The topological polar surface area (TPSA) is 69.3 Å². The minimum Gasteiger partial charge on any atom is -0.374 e. The largest absolute Gasteiger partial charge is 0.374 e. The molecule has 1 amide bonds. The minimum atomic E-state index is -0.411. The molecule has 0 bridgehead atoms. The summed E-state index contributed by atoms with van der Waals surface area (Å²) in [4.78, 5) is 15.5. The summed E-state index contributed by atoms with van der Waals surface area (Å²) in [6.07, 6.45) is 3.52. The molecule has 3 aromatic carbocycles. The number of hydrogen-bond acceptors (Lipinski definition) is 3. The second-order valence-electron chi connectivity index (χ2n) is 6.45. The van der Waals surface area contributed by atoms with Crippen LogP contribution in [0.2, 0.25) is 0 Å². The molecule has 0 aliphatic carbocycles. The summed E-state index contributed by atoms with van der Waals surface area (Å²) in [5.74, 6) is -0.195. The van der Waals surface area contributed by atoms with E-state index in [0.717, 1.165) is 27.5 Å². The van der Waals surface area contributed by atoms with Gasteiger partial charge in [0.15, 0.2) is 0 Å². The Morgan fingerprint density at radius 1 is 1.04 bits per heavy atom. The molecule has 3 N–H and O–H groups in total. The number of hydrogen-bond donors (Lipinski definition) is 3. The number of para-hydroxylation sites is 1. The van der Waals surface area contributed by atoms with Gasteiger partial charge in [0.05, 0.1) is 6.21 Å². The minimum absolute atomic E-state index is 0.195. The van der Waals surface area contributed by atoms with Crippen molar-refractivity contribution in [1.29, 1.82) is 0 Å². The first kappa shape index (κ1) is 16.8. The number of nitrogens with one attached hydrogen (secondary N) is 3. The zero-order chi connectivity index (χ0) is 18.6. The van der Waals surface area contributed by atoms with Gasteiger partial charge < -0.3 is 10.3 Å². The molecule has 4 aromatic rings. The van der Waals surface area contributed by atoms with Crippen molar-refractivity contribution in [1.82, 2.24) is 10.4 Å². The number of benzene rings is 3. The normalized spacial score (nSPS) is 12.5. The molecule has 1 unspecified atom stereocenters. The molecular formula is C22H20N4O. The molecule has 5 nitrogen and oxygen atoms in total. The van der Waals surface area contributed by atoms with Gasteiger partial charge in [-0.1, -0.05) is 48.5 Å². The average molecular weight is 356 g/mol. The first-order valence-corrected chi connectivity index (χ1v) is 8.85. The van der Waals surface area contributed by atoms with E-state index in [9.17, 15) is 4.79 Å². The highest BCUT2D eigenvalue weighted by molar-refractivity contribution is 5.99. The molecule has 0 aliphatic heterocycles. The zero-order valence-electron chi connectivity index (χ0n) is 14.9. The van der Waals surface area contributed by atoms with Gasteiger partial charge in [0, 0.05) is 28.4 Å². The Morgan fingerprint density at radius 3 is 2.70 bits per heavy atom. The summed E-state index contributed by atoms with van der Waals surface area (Å²) in [6, 6.07) is 21.7. The van der Waals surface area contributed by atoms with E-state index in [1.807, 2.05) is 67.7 Å². The fraction of sp³-hybridized carbons (Fsp3) is 0.0909. The van der Waals surface area contributed by atoms with Crippen LogP contribution in [0.25, 0.3) is 21.7 Å². The van der Waals surface area contributed by atoms with Crippen LogP contribution >= 0.6 is 0 Å². The van der Waals surface area contributed by atoms with Gasteiger partial charge in [-0.15, -0.1) is 0 Å². The summed E-state index contributed by atoms with van der Waals surface area (Å²) in [6.45, 7) is 1.81. The zero-order valence-corrected chi connectivity index (χ0v) is 14.9. The number of carbonyl (C=O) groups excluding carboxylic acids is 1. The van der Waals surface area contributed by atoms with Gasteiger partial charge in [-0.3, -0.25) is 4.79 Å². The molecule has 0 saturated heterocycles. The van der Waals surface area contributed by atoms with Crippen LogP contribution in [0.5, 0.6) is 0 Å². The number of rotatable bonds is 5. The van der Waals surface area contributed by atoms with E-state index in [0.29, 0.717) is 0 Å². The predicted octanol–water partition coefficient (Wildman–Crippen LogP) is 4.27. The first-order valence-electron chi connectivity index (χ1n) is 8.85. The van der Waals surface area contributed by atoms with E-state index in [2.05, 4.69) is 33.0 Å². The van der Waals surface area contributed by atoms with Crippen molar-refractivity contribution in [3.63, 3.8) is 0 Å². The molecule has 0 saturated carbocycles. The van der Waals surface area contributed by atoms with Crippen molar-refractivity contribution in [3.05, 3.63) is 78.5 Å². The molecule has 27 heavy (non-hydrogen) atoms. The number of anilines is 1. The van der Waals surface area contributed by atoms with Crippen LogP contribution in [0.3, 0.4) is 0 Å². The van der Waals surface area contributed by atoms with Crippen molar-refractivity contribution in [3.8, 4) is 0 Å². The maximum atomic E-state index is 12.3. The van der Waals surface area contributed by atoms with Gasteiger partial charge in [-0.25, -0.2) is 5.43 Å². The lowest BCUT2D eigenvalue weighted by Crippen LogP contribution is -2.34. The number of aromatic nitrogens is 1. The SMILES string of the molecule is CC(Nc1ccc2ccccc2c1)C(=O)N/N=C/c1c[nH]c2ccccc12. The lowest BCUT2D eigenvalue weighted by atomic mass is 10.1. The number of aromatic amines is 1. The van der Waals surface area contributed by atoms with Crippen LogP contribution in [-0.2, 0) is 4.79 Å². The number of fused-ring (bicyclic) bond motifs is 2. The van der Waals surface area contributed by atoms with E-state index in [4.69, 9.17) is 0 Å². The van der Waals surface area contributed by atoms with Crippen LogP contribution in [0, 0.1) is 0 Å². The molecule has 0 radical (unpaired) electrons. The van der Waals surface area contributed by atoms with E-state index in [1.54, 1.807) is 6.21 Å². The van der Waals surface area contributed by atoms with Gasteiger partial charge in [0.1, 0.15) is 6.04 Å². The highest BCUT2D eigenvalue weighted by atomic mass is 16.2. The summed E-state index contributed by atoms with van der Waals surface area (Å²) < 4.78 is 0. The molecule has 0 fully saturated rings. The second kappa shape index (κ2) is 7.33. The number of H-pyrrole nitrogens is 1. The van der Waals surface area contributed by atoms with E-state index in [-0.39, 0.29) is 5.91 Å². The number of nitrogens with zero attached hydrogens (tertiary/aromatic N) is 1. The van der Waals surface area contributed by atoms with Crippen LogP contribution in [0.4, 0.5) is 5.69 Å². The molecule has 4 rings (SSSR count). The molecule has 134 valence electrons. The number of amides is 1. The summed E-state index contributed by atoms with van der Waals surface area (Å²) in [5.41, 5.74) is 5.47. The summed E-state index contributed by atoms with van der Waals surface area (Å²) in [7, 11) is 0. The van der Waals surface area contributed by atoms with Crippen molar-refractivity contribution < 1.29 is 4.79 Å². The lowest BCUT2D eigenvalue weighted by Gasteiger charge is -2.14. The Labute approximate surface area is 157 Å². The lowest BCUT2D eigenvalue weighted by molar-refractivity contribution is -0.121. The van der Waals surface area contributed by atoms with Gasteiger partial charge in [-0.05, 0) is 35.9 Å². The third-order valence-electron chi connectivity index (χ3n) is 4.53. The third-order valence-corrected chi connectivity index (χ3v) is 4.53. The van der Waals surface area contributed by atoms with Crippen LogP contribution in [-0.4, -0.2) is 23.1 Å². The molecule has 1 aromatic heterocycles. The molecular weight excluding hydrogens is 336 g/mol. The smallest absolute Gasteiger partial charge is 0.262 e. The van der Waals surface area contributed by atoms with Crippen molar-refractivity contribution in [2.75, 3.05) is 5.32 Å². The van der Waals surface area contributed by atoms with Gasteiger partial charge in [0.25, 0.3) is 5.91 Å². The van der Waals surface area contributed by atoms with E-state index in [1.165, 1.54) is 5.39 Å². The average Bonchev–Trinajstić information content (AvgIpc) is 3.11. The van der Waals surface area contributed by atoms with Crippen molar-refractivity contribution >= 4 is 39.5 Å². The third kappa shape index (κ3) is 3.67. The quantitative estimate of drug-likeness (QED) is 0.369. The van der Waals surface area contributed by atoms with Crippen molar-refractivity contribution in [2.45, 2.75) is 13.0 Å². The monoisotopic (exact) mass is 356 g/mol. The highest BCUT2D eigenvalue weighted by Crippen LogP contribution is 2.19. The Bertz CT molecular complexity index is 1130. The summed E-state index contributed by atoms with van der Waals surface area (Å²) in [5, 5.41) is 10.7. The van der Waals surface area contributed by atoms with Crippen LogP contribution < -0.4 is 10.7 Å². The number of carbonyl (C=O) groups is 1.